The summed E-state index contributed by atoms with van der Waals surface area (Å²) in [6.45, 7) is 2.00. The van der Waals surface area contributed by atoms with E-state index < -0.39 is 23.8 Å². The van der Waals surface area contributed by atoms with E-state index in [9.17, 15) is 0 Å². The predicted molar refractivity (Wildman–Crippen MR) is 263 cm³/mol. The van der Waals surface area contributed by atoms with Gasteiger partial charge >= 0.3 is 19.5 Å². The fraction of sp³-hybridized carbons (Fsp3) is 0. The minimum Gasteiger partial charge on any atom is -0.307 e. The molecular formula is C55H47OP3Rh+2. The molecule has 0 saturated heterocycles. The van der Waals surface area contributed by atoms with Gasteiger partial charge in [-0.25, -0.2) is 0 Å². The van der Waals surface area contributed by atoms with E-state index in [0.29, 0.717) is 0 Å². The number of hydrogen-bond donors (Lipinski definition) is 0. The Morgan fingerprint density at radius 3 is 0.350 bits per heavy atom. The minimum absolute atomic E-state index is 0. The molecule has 0 amide bonds. The van der Waals surface area contributed by atoms with Crippen LogP contribution in [-0.4, -0.2) is 6.79 Å². The molecule has 9 rings (SSSR count). The number of hydrogen-bond acceptors (Lipinski definition) is 1. The topological polar surface area (TPSA) is 17.1 Å². The summed E-state index contributed by atoms with van der Waals surface area (Å²) in [5, 5.41) is 12.6. The molecule has 0 fully saturated rings. The Balaban J connectivity index is 0.000000166. The van der Waals surface area contributed by atoms with E-state index in [1.807, 2.05) is 6.79 Å². The predicted octanol–water partition coefficient (Wildman–Crippen LogP) is 10.1. The third-order valence-corrected chi connectivity index (χ3v) is 16.5. The van der Waals surface area contributed by atoms with Crippen LogP contribution in [0.3, 0.4) is 0 Å². The first-order chi connectivity index (χ1) is 29.3. The molecule has 0 aromatic heterocycles. The minimum atomic E-state index is -0.446. The Hall–Kier alpha value is -5.44. The zero-order chi connectivity index (χ0) is 40.7. The fourth-order valence-corrected chi connectivity index (χ4v) is 13.5. The molecule has 295 valence electrons. The van der Waals surface area contributed by atoms with Crippen molar-refractivity contribution in [3.8, 4) is 0 Å². The van der Waals surface area contributed by atoms with E-state index >= 15 is 0 Å². The SMILES string of the molecule is C=O.[Rh+2].c1ccc(P(c2ccccc2)c2ccccc2)cc1.c1ccc(P(c2ccccc2)c2ccccc2)cc1.c1ccc(P(c2ccccc2)c2ccccc2)cc1. The summed E-state index contributed by atoms with van der Waals surface area (Å²) in [4.78, 5) is 8.00. The average Bonchev–Trinajstić information content (AvgIpc) is 3.34. The Kier molecular flexibility index (Phi) is 19.7. The summed E-state index contributed by atoms with van der Waals surface area (Å²) in [6, 6.07) is 97.0. The monoisotopic (exact) mass is 919 g/mol. The maximum Gasteiger partial charge on any atom is 2.00 e. The van der Waals surface area contributed by atoms with Crippen LogP contribution in [0.4, 0.5) is 0 Å². The molecule has 5 heteroatoms. The van der Waals surface area contributed by atoms with Crippen molar-refractivity contribution < 1.29 is 24.3 Å². The standard InChI is InChI=1S/3C18H15P.CH2O.Rh/c3*1-4-10-16(11-5-1)19(17-12-6-2-7-13-17)18-14-8-3-9-15-18;1-2;/h3*1-15H;1H2;/q;;;;+2. The van der Waals surface area contributed by atoms with Crippen molar-refractivity contribution in [3.63, 3.8) is 0 Å². The number of rotatable bonds is 9. The van der Waals surface area contributed by atoms with Crippen LogP contribution in [0.15, 0.2) is 273 Å². The second-order valence-electron chi connectivity index (χ2n) is 13.0. The average molecular weight is 920 g/mol. The molecule has 0 aliphatic carbocycles. The van der Waals surface area contributed by atoms with E-state index in [2.05, 4.69) is 273 Å². The first-order valence-corrected chi connectivity index (χ1v) is 23.5. The molecule has 0 aliphatic rings. The summed E-state index contributed by atoms with van der Waals surface area (Å²) in [7, 11) is -1.34. The van der Waals surface area contributed by atoms with E-state index in [4.69, 9.17) is 4.79 Å². The molecule has 0 aliphatic heterocycles. The normalized spacial score (nSPS) is 10.1. The van der Waals surface area contributed by atoms with Crippen LogP contribution in [0, 0.1) is 0 Å². The third-order valence-electron chi connectivity index (χ3n) is 9.13. The zero-order valence-corrected chi connectivity index (χ0v) is 37.6. The van der Waals surface area contributed by atoms with E-state index in [1.165, 1.54) is 47.7 Å². The van der Waals surface area contributed by atoms with Crippen LogP contribution in [0.5, 0.6) is 0 Å². The number of carbonyl (C=O) groups is 1. The molecular weight excluding hydrogens is 872 g/mol. The van der Waals surface area contributed by atoms with Crippen molar-refractivity contribution in [2.24, 2.45) is 0 Å². The molecule has 0 bridgehead atoms. The molecule has 1 radical (unpaired) electrons. The van der Waals surface area contributed by atoms with Gasteiger partial charge in [0.1, 0.15) is 6.79 Å². The summed E-state index contributed by atoms with van der Waals surface area (Å²) < 4.78 is 0. The van der Waals surface area contributed by atoms with Crippen LogP contribution >= 0.6 is 23.8 Å². The fourth-order valence-electron chi connectivity index (χ4n) is 6.54. The van der Waals surface area contributed by atoms with Gasteiger partial charge in [0, 0.05) is 0 Å². The molecule has 60 heavy (non-hydrogen) atoms. The summed E-state index contributed by atoms with van der Waals surface area (Å²) in [6.07, 6.45) is 0. The van der Waals surface area contributed by atoms with Gasteiger partial charge in [-0.1, -0.05) is 273 Å². The van der Waals surface area contributed by atoms with Gasteiger partial charge in [-0.15, -0.1) is 0 Å². The van der Waals surface area contributed by atoms with Crippen LogP contribution in [0.1, 0.15) is 0 Å². The van der Waals surface area contributed by atoms with Crippen molar-refractivity contribution >= 4 is 78.3 Å². The molecule has 0 N–H and O–H groups in total. The van der Waals surface area contributed by atoms with Crippen LogP contribution in [0.2, 0.25) is 0 Å². The Morgan fingerprint density at radius 1 is 0.183 bits per heavy atom. The van der Waals surface area contributed by atoms with Gasteiger partial charge in [-0.2, -0.15) is 0 Å². The van der Waals surface area contributed by atoms with Gasteiger partial charge in [0.2, 0.25) is 0 Å². The number of carbonyl (C=O) groups excluding carboxylic acids is 1. The first kappa shape index (κ1) is 45.6. The maximum atomic E-state index is 8.00. The Labute approximate surface area is 373 Å². The largest absolute Gasteiger partial charge is 2.00 e. The molecule has 9 aromatic carbocycles. The molecule has 1 nitrogen and oxygen atoms in total. The summed E-state index contributed by atoms with van der Waals surface area (Å²) in [5.41, 5.74) is 0. The zero-order valence-electron chi connectivity index (χ0n) is 33.3. The van der Waals surface area contributed by atoms with Gasteiger partial charge in [0.15, 0.2) is 0 Å². The molecule has 0 heterocycles. The van der Waals surface area contributed by atoms with Gasteiger partial charge in [-0.3, -0.25) is 0 Å². The van der Waals surface area contributed by atoms with Gasteiger partial charge in [-0.05, 0) is 71.5 Å². The van der Waals surface area contributed by atoms with E-state index in [-0.39, 0.29) is 19.5 Å². The van der Waals surface area contributed by atoms with Crippen molar-refractivity contribution in [1.82, 2.24) is 0 Å². The van der Waals surface area contributed by atoms with Gasteiger partial charge in [0.25, 0.3) is 0 Å². The van der Waals surface area contributed by atoms with Crippen LogP contribution < -0.4 is 47.7 Å². The quantitative estimate of drug-likeness (QED) is 0.104. The Morgan fingerprint density at radius 2 is 0.267 bits per heavy atom. The molecule has 0 unspecified atom stereocenters. The van der Waals surface area contributed by atoms with E-state index in [0.717, 1.165) is 0 Å². The molecule has 0 atom stereocenters. The second kappa shape index (κ2) is 25.9. The van der Waals surface area contributed by atoms with E-state index in [1.54, 1.807) is 0 Å². The van der Waals surface area contributed by atoms with Crippen molar-refractivity contribution in [2.45, 2.75) is 0 Å². The third kappa shape index (κ3) is 13.3. The number of benzene rings is 9. The van der Waals surface area contributed by atoms with Crippen LogP contribution in [0.25, 0.3) is 0 Å². The first-order valence-electron chi connectivity index (χ1n) is 19.5. The Bertz CT molecular complexity index is 1890. The van der Waals surface area contributed by atoms with Crippen LogP contribution in [-0.2, 0) is 24.3 Å². The van der Waals surface area contributed by atoms with Crippen molar-refractivity contribution in [1.29, 1.82) is 0 Å². The smallest absolute Gasteiger partial charge is 0.307 e. The van der Waals surface area contributed by atoms with Gasteiger partial charge < -0.3 is 4.79 Å². The summed E-state index contributed by atoms with van der Waals surface area (Å²) in [5.74, 6) is 0. The maximum absolute atomic E-state index is 8.00. The molecule has 9 aromatic rings. The van der Waals surface area contributed by atoms with Gasteiger partial charge in [0.05, 0.1) is 0 Å². The second-order valence-corrected chi connectivity index (χ2v) is 19.7. The van der Waals surface area contributed by atoms with Crippen molar-refractivity contribution in [2.75, 3.05) is 0 Å². The summed E-state index contributed by atoms with van der Waals surface area (Å²) >= 11 is 0. The van der Waals surface area contributed by atoms with Crippen molar-refractivity contribution in [3.05, 3.63) is 273 Å². The molecule has 0 saturated carbocycles. The molecule has 0 spiro atoms.